The van der Waals surface area contributed by atoms with Crippen molar-refractivity contribution < 1.29 is 0 Å². The van der Waals surface area contributed by atoms with Crippen molar-refractivity contribution in [1.82, 2.24) is 0 Å². The maximum absolute atomic E-state index is 5.36. The van der Waals surface area contributed by atoms with E-state index in [1.807, 2.05) is 66.7 Å². The summed E-state index contributed by atoms with van der Waals surface area (Å²) in [6.07, 6.45) is 0. The fourth-order valence-electron chi connectivity index (χ4n) is 3.57. The lowest BCUT2D eigenvalue weighted by Crippen LogP contribution is -1.94. The van der Waals surface area contributed by atoms with E-state index in [1.165, 1.54) is 22.3 Å². The van der Waals surface area contributed by atoms with Crippen LogP contribution in [0, 0.1) is 0 Å². The molecule has 0 saturated carbocycles. The van der Waals surface area contributed by atoms with Gasteiger partial charge >= 0.3 is 0 Å². The molecular weight excluding hydrogens is 422 g/mol. The van der Waals surface area contributed by atoms with Gasteiger partial charge in [-0.1, -0.05) is 153 Å². The number of benzene rings is 5. The maximum atomic E-state index is 5.36. The molecular formula is C34H33N. The summed E-state index contributed by atoms with van der Waals surface area (Å²) >= 11 is 0. The highest BCUT2D eigenvalue weighted by atomic mass is 14.5. The highest BCUT2D eigenvalue weighted by molar-refractivity contribution is 5.77. The van der Waals surface area contributed by atoms with Crippen molar-refractivity contribution in [3.05, 3.63) is 180 Å². The van der Waals surface area contributed by atoms with Crippen LogP contribution in [0.25, 0.3) is 5.57 Å². The van der Waals surface area contributed by atoms with E-state index in [1.54, 1.807) is 0 Å². The molecule has 5 aromatic carbocycles. The van der Waals surface area contributed by atoms with Gasteiger partial charge in [-0.2, -0.15) is 0 Å². The summed E-state index contributed by atoms with van der Waals surface area (Å²) in [6.45, 7) is 6.34. The number of para-hydroxylation sites is 1. The van der Waals surface area contributed by atoms with E-state index in [9.17, 15) is 0 Å². The highest BCUT2D eigenvalue weighted by Gasteiger charge is 2.05. The molecule has 35 heavy (non-hydrogen) atoms. The Kier molecular flexibility index (Phi) is 10.1. The second-order valence-corrected chi connectivity index (χ2v) is 8.16. The lowest BCUT2D eigenvalue weighted by molar-refractivity contribution is 0.922. The quantitative estimate of drug-likeness (QED) is 0.269. The molecule has 2 N–H and O–H groups in total. The predicted molar refractivity (Wildman–Crippen MR) is 152 cm³/mol. The number of nitrogen functional groups attached to an aromatic ring is 1. The largest absolute Gasteiger partial charge is 0.399 e. The average Bonchev–Trinajstić information content (AvgIpc) is 2.95. The topological polar surface area (TPSA) is 26.0 Å². The van der Waals surface area contributed by atoms with Crippen molar-refractivity contribution in [3.8, 4) is 0 Å². The average molecular weight is 456 g/mol. The maximum Gasteiger partial charge on any atom is 0.0313 e. The second-order valence-electron chi connectivity index (χ2n) is 8.16. The molecule has 0 bridgehead atoms. The summed E-state index contributed by atoms with van der Waals surface area (Å²) in [6, 6.07) is 51.2. The Morgan fingerprint density at radius 3 is 1.06 bits per heavy atom. The fourth-order valence-corrected chi connectivity index (χ4v) is 3.57. The second kappa shape index (κ2) is 14.0. The molecule has 0 fully saturated rings. The van der Waals surface area contributed by atoms with Crippen molar-refractivity contribution in [2.24, 2.45) is 0 Å². The molecule has 0 amide bonds. The smallest absolute Gasteiger partial charge is 0.0313 e. The predicted octanol–water partition coefficient (Wildman–Crippen LogP) is 8.86. The van der Waals surface area contributed by atoms with Crippen LogP contribution < -0.4 is 5.73 Å². The molecule has 0 spiro atoms. The summed E-state index contributed by atoms with van der Waals surface area (Å²) in [5, 5.41) is 0. The van der Waals surface area contributed by atoms with E-state index in [0.717, 1.165) is 11.3 Å². The molecule has 1 nitrogen and oxygen atoms in total. The van der Waals surface area contributed by atoms with E-state index in [2.05, 4.69) is 98.4 Å². The van der Waals surface area contributed by atoms with Crippen LogP contribution in [0.4, 0.5) is 5.69 Å². The molecule has 0 aliphatic carbocycles. The van der Waals surface area contributed by atoms with Gasteiger partial charge in [0.05, 0.1) is 0 Å². The van der Waals surface area contributed by atoms with E-state index in [-0.39, 0.29) is 0 Å². The van der Waals surface area contributed by atoms with Crippen molar-refractivity contribution in [2.45, 2.75) is 12.8 Å². The normalized spacial score (nSPS) is 9.77. The number of hydrogen-bond acceptors (Lipinski definition) is 1. The number of hydrogen-bond donors (Lipinski definition) is 1. The van der Waals surface area contributed by atoms with Crippen molar-refractivity contribution in [2.75, 3.05) is 5.73 Å². The summed E-state index contributed by atoms with van der Waals surface area (Å²) in [5.41, 5.74) is 12.4. The third-order valence-corrected chi connectivity index (χ3v) is 5.64. The van der Waals surface area contributed by atoms with Gasteiger partial charge < -0.3 is 5.73 Å². The number of nitrogens with two attached hydrogens (primary N) is 1. The first-order valence-electron chi connectivity index (χ1n) is 11.9. The molecule has 0 aliphatic rings. The minimum Gasteiger partial charge on any atom is -0.399 e. The monoisotopic (exact) mass is 455 g/mol. The Balaban J connectivity index is 0.000000155. The zero-order chi connectivity index (χ0) is 24.7. The Labute approximate surface area is 210 Å². The fraction of sp³-hybridized carbons (Fsp3) is 0.0588. The van der Waals surface area contributed by atoms with Crippen molar-refractivity contribution >= 4 is 11.3 Å². The molecule has 0 radical (unpaired) electrons. The number of rotatable bonds is 4. The van der Waals surface area contributed by atoms with Gasteiger partial charge in [0, 0.05) is 11.6 Å². The van der Waals surface area contributed by atoms with Gasteiger partial charge in [-0.15, -0.1) is 0 Å². The lowest BCUT2D eigenvalue weighted by Gasteiger charge is -2.11. The van der Waals surface area contributed by atoms with Crippen LogP contribution in [-0.2, 0) is 0 Å². The van der Waals surface area contributed by atoms with E-state index in [0.29, 0.717) is 5.92 Å². The van der Waals surface area contributed by atoms with Gasteiger partial charge in [-0.25, -0.2) is 0 Å². The molecule has 0 atom stereocenters. The van der Waals surface area contributed by atoms with Crippen molar-refractivity contribution in [1.29, 1.82) is 0 Å². The zero-order valence-corrected chi connectivity index (χ0v) is 20.3. The minimum absolute atomic E-state index is 0.484. The third kappa shape index (κ3) is 8.49. The SMILES string of the molecule is C=C(c1ccccc1)c1ccccc1.CC(c1ccccc1)c1ccccc1.Nc1ccccc1. The molecule has 0 aromatic heterocycles. The van der Waals surface area contributed by atoms with Gasteiger partial charge in [-0.3, -0.25) is 0 Å². The van der Waals surface area contributed by atoms with Crippen LogP contribution in [0.1, 0.15) is 35.1 Å². The summed E-state index contributed by atoms with van der Waals surface area (Å²) in [5.74, 6) is 0.484. The molecule has 0 heterocycles. The van der Waals surface area contributed by atoms with Crippen LogP contribution >= 0.6 is 0 Å². The van der Waals surface area contributed by atoms with Crippen molar-refractivity contribution in [3.63, 3.8) is 0 Å². The van der Waals surface area contributed by atoms with Gasteiger partial charge in [0.25, 0.3) is 0 Å². The van der Waals surface area contributed by atoms with Crippen LogP contribution in [0.3, 0.4) is 0 Å². The summed E-state index contributed by atoms with van der Waals surface area (Å²) < 4.78 is 0. The first-order chi connectivity index (χ1) is 17.1. The molecule has 1 heteroatoms. The van der Waals surface area contributed by atoms with Gasteiger partial charge in [0.1, 0.15) is 0 Å². The Bertz CT molecular complexity index is 1150. The number of anilines is 1. The van der Waals surface area contributed by atoms with Gasteiger partial charge in [0.15, 0.2) is 0 Å². The van der Waals surface area contributed by atoms with E-state index in [4.69, 9.17) is 5.73 Å². The minimum atomic E-state index is 0.484. The Morgan fingerprint density at radius 2 is 0.771 bits per heavy atom. The van der Waals surface area contributed by atoms with E-state index < -0.39 is 0 Å². The van der Waals surface area contributed by atoms with Crippen LogP contribution in [0.15, 0.2) is 158 Å². The highest BCUT2D eigenvalue weighted by Crippen LogP contribution is 2.23. The van der Waals surface area contributed by atoms with Crippen LogP contribution in [0.2, 0.25) is 0 Å². The molecule has 0 saturated heterocycles. The Hall–Kier alpha value is -4.36. The Morgan fingerprint density at radius 1 is 0.486 bits per heavy atom. The van der Waals surface area contributed by atoms with E-state index >= 15 is 0 Å². The van der Waals surface area contributed by atoms with Gasteiger partial charge in [0.2, 0.25) is 0 Å². The standard InChI is InChI=1S/C14H14.C14H12.C6H7N/c2*1-12(13-8-4-2-5-9-13)14-10-6-3-7-11-14;7-6-4-2-1-3-5-6/h2-12H,1H3;2-11H,1H2;1-5H,7H2. The molecule has 0 unspecified atom stereocenters. The molecule has 5 rings (SSSR count). The van der Waals surface area contributed by atoms with Crippen LogP contribution in [0.5, 0.6) is 0 Å². The van der Waals surface area contributed by atoms with Gasteiger partial charge in [-0.05, 0) is 40.0 Å². The summed E-state index contributed by atoms with van der Waals surface area (Å²) in [7, 11) is 0. The molecule has 5 aromatic rings. The van der Waals surface area contributed by atoms with Crippen LogP contribution in [-0.4, -0.2) is 0 Å². The lowest BCUT2D eigenvalue weighted by atomic mass is 9.93. The first-order valence-corrected chi connectivity index (χ1v) is 11.9. The molecule has 174 valence electrons. The molecule has 0 aliphatic heterocycles. The zero-order valence-electron chi connectivity index (χ0n) is 20.3. The first kappa shape index (κ1) is 25.3. The third-order valence-electron chi connectivity index (χ3n) is 5.64. The summed E-state index contributed by atoms with van der Waals surface area (Å²) in [4.78, 5) is 0.